The number of nitrogens with one attached hydrogen (secondary N) is 2. The van der Waals surface area contributed by atoms with Gasteiger partial charge in [-0.25, -0.2) is 4.98 Å². The summed E-state index contributed by atoms with van der Waals surface area (Å²) >= 11 is 0. The second-order valence-electron chi connectivity index (χ2n) is 8.79. The van der Waals surface area contributed by atoms with Gasteiger partial charge in [-0.2, -0.15) is 0 Å². The first kappa shape index (κ1) is 22.6. The number of carbonyl (C=O) groups is 2. The minimum atomic E-state index is -0.413. The molecule has 2 N–H and O–H groups in total. The quantitative estimate of drug-likeness (QED) is 0.428. The first-order valence-corrected chi connectivity index (χ1v) is 11.7. The lowest BCUT2D eigenvalue weighted by molar-refractivity contribution is -0.114. The normalized spacial score (nSPS) is 17.6. The Labute approximate surface area is 204 Å². The Morgan fingerprint density at radius 1 is 1.00 bits per heavy atom. The molecule has 1 fully saturated rings. The van der Waals surface area contributed by atoms with Gasteiger partial charge in [-0.15, -0.1) is 0 Å². The number of hydrogen-bond acceptors (Lipinski definition) is 6. The Hall–Kier alpha value is -4.17. The number of aromatic nitrogens is 2. The smallest absolute Gasteiger partial charge is 0.260 e. The van der Waals surface area contributed by atoms with Crippen molar-refractivity contribution in [3.8, 4) is 0 Å². The number of anilines is 2. The van der Waals surface area contributed by atoms with Crippen molar-refractivity contribution in [1.82, 2.24) is 19.8 Å². The maximum absolute atomic E-state index is 12.7. The van der Waals surface area contributed by atoms with Gasteiger partial charge in [0.1, 0.15) is 0 Å². The van der Waals surface area contributed by atoms with Crippen LogP contribution in [-0.2, 0) is 11.3 Å². The highest BCUT2D eigenvalue weighted by atomic mass is 16.2. The molecule has 0 unspecified atom stereocenters. The molecule has 0 atom stereocenters. The van der Waals surface area contributed by atoms with E-state index in [-0.39, 0.29) is 5.91 Å². The van der Waals surface area contributed by atoms with Crippen molar-refractivity contribution in [3.63, 3.8) is 0 Å². The number of carbonyl (C=O) groups excluding carboxylic acids is 2. The zero-order valence-corrected chi connectivity index (χ0v) is 19.6. The minimum absolute atomic E-state index is 0.382. The highest BCUT2D eigenvalue weighted by Gasteiger charge is 2.27. The standard InChI is InChI=1S/C27H28N6O2/c1-31-13-15-33(16-14-31)22-7-5-21(6-8-22)29-18-25-24-17-20(3-2-11-32-12-10-28-19-32)4-9-23(24)26(34)30-27(25)35/h2-10,12,17-19,29H,11,13-16H2,1H3,(H,30,34,35). The summed E-state index contributed by atoms with van der Waals surface area (Å²) in [6.45, 7) is 4.82. The number of rotatable bonds is 6. The van der Waals surface area contributed by atoms with Gasteiger partial charge in [0.2, 0.25) is 0 Å². The topological polar surface area (TPSA) is 82.5 Å². The minimum Gasteiger partial charge on any atom is -0.369 e. The Kier molecular flexibility index (Phi) is 6.45. The third-order valence-electron chi connectivity index (χ3n) is 6.35. The zero-order valence-electron chi connectivity index (χ0n) is 19.6. The number of likely N-dealkylation sites (N-methyl/N-ethyl adjacent to an activating group) is 1. The van der Waals surface area contributed by atoms with Gasteiger partial charge in [-0.3, -0.25) is 14.9 Å². The van der Waals surface area contributed by atoms with E-state index in [4.69, 9.17) is 0 Å². The van der Waals surface area contributed by atoms with Gasteiger partial charge in [-0.05, 0) is 49.0 Å². The van der Waals surface area contributed by atoms with Crippen LogP contribution in [0.3, 0.4) is 0 Å². The molecule has 178 valence electrons. The van der Waals surface area contributed by atoms with Crippen molar-refractivity contribution >= 4 is 34.8 Å². The van der Waals surface area contributed by atoms with Crippen LogP contribution in [0, 0.1) is 0 Å². The number of imide groups is 1. The second-order valence-corrected chi connectivity index (χ2v) is 8.79. The van der Waals surface area contributed by atoms with Crippen molar-refractivity contribution < 1.29 is 9.59 Å². The predicted octanol–water partition coefficient (Wildman–Crippen LogP) is 3.07. The molecule has 3 aromatic rings. The fraction of sp³-hybridized carbons (Fsp3) is 0.222. The molecule has 5 rings (SSSR count). The van der Waals surface area contributed by atoms with E-state index in [1.165, 1.54) is 5.69 Å². The predicted molar refractivity (Wildman–Crippen MR) is 138 cm³/mol. The van der Waals surface area contributed by atoms with Gasteiger partial charge in [0.25, 0.3) is 11.8 Å². The molecule has 0 saturated carbocycles. The maximum atomic E-state index is 12.7. The fourth-order valence-electron chi connectivity index (χ4n) is 4.28. The van der Waals surface area contributed by atoms with Crippen LogP contribution in [0.15, 0.2) is 73.5 Å². The molecule has 0 radical (unpaired) electrons. The molecule has 35 heavy (non-hydrogen) atoms. The van der Waals surface area contributed by atoms with E-state index in [9.17, 15) is 9.59 Å². The molecule has 1 aromatic heterocycles. The molecule has 2 aliphatic rings. The number of benzene rings is 2. The van der Waals surface area contributed by atoms with E-state index in [2.05, 4.69) is 44.6 Å². The van der Waals surface area contributed by atoms with Crippen LogP contribution >= 0.6 is 0 Å². The lowest BCUT2D eigenvalue weighted by Crippen LogP contribution is -2.44. The Morgan fingerprint density at radius 2 is 1.80 bits per heavy atom. The summed E-state index contributed by atoms with van der Waals surface area (Å²) in [4.78, 5) is 33.8. The van der Waals surface area contributed by atoms with Crippen LogP contribution < -0.4 is 15.5 Å². The van der Waals surface area contributed by atoms with Crippen molar-refractivity contribution in [1.29, 1.82) is 0 Å². The van der Waals surface area contributed by atoms with E-state index in [1.807, 2.05) is 47.2 Å². The van der Waals surface area contributed by atoms with Crippen LogP contribution in [0.25, 0.3) is 11.6 Å². The number of imidazole rings is 1. The highest BCUT2D eigenvalue weighted by Crippen LogP contribution is 2.27. The van der Waals surface area contributed by atoms with Crippen molar-refractivity contribution in [3.05, 3.63) is 90.2 Å². The van der Waals surface area contributed by atoms with Crippen LogP contribution in [0.5, 0.6) is 0 Å². The first-order chi connectivity index (χ1) is 17.1. The average molecular weight is 469 g/mol. The van der Waals surface area contributed by atoms with Crippen molar-refractivity contribution in [2.75, 3.05) is 43.4 Å². The number of fused-ring (bicyclic) bond motifs is 1. The lowest BCUT2D eigenvalue weighted by atomic mass is 9.93. The molecule has 2 aliphatic heterocycles. The molecule has 0 aliphatic carbocycles. The van der Waals surface area contributed by atoms with Crippen molar-refractivity contribution in [2.24, 2.45) is 0 Å². The molecule has 0 spiro atoms. The number of nitrogens with zero attached hydrogens (tertiary/aromatic N) is 4. The summed E-state index contributed by atoms with van der Waals surface area (Å²) in [5, 5.41) is 5.66. The number of piperazine rings is 1. The molecular formula is C27H28N6O2. The summed E-state index contributed by atoms with van der Waals surface area (Å²) in [6.07, 6.45) is 11.0. The Bertz CT molecular complexity index is 1270. The summed E-state index contributed by atoms with van der Waals surface area (Å²) in [6, 6.07) is 13.7. The second kappa shape index (κ2) is 9.99. The first-order valence-electron chi connectivity index (χ1n) is 11.7. The lowest BCUT2D eigenvalue weighted by Gasteiger charge is -2.34. The largest absolute Gasteiger partial charge is 0.369 e. The Morgan fingerprint density at radius 3 is 2.54 bits per heavy atom. The van der Waals surface area contributed by atoms with Crippen molar-refractivity contribution in [2.45, 2.75) is 6.54 Å². The number of hydrogen-bond donors (Lipinski definition) is 2. The van der Waals surface area contributed by atoms with Gasteiger partial charge in [0, 0.05) is 73.8 Å². The summed E-state index contributed by atoms with van der Waals surface area (Å²) in [5.74, 6) is -0.795. The fourth-order valence-corrected chi connectivity index (χ4v) is 4.28. The summed E-state index contributed by atoms with van der Waals surface area (Å²) in [7, 11) is 2.14. The maximum Gasteiger partial charge on any atom is 0.260 e. The van der Waals surface area contributed by atoms with Gasteiger partial charge in [0.05, 0.1) is 11.9 Å². The molecule has 2 amide bonds. The van der Waals surface area contributed by atoms with E-state index in [1.54, 1.807) is 24.8 Å². The van der Waals surface area contributed by atoms with E-state index in [0.29, 0.717) is 23.2 Å². The van der Waals surface area contributed by atoms with E-state index >= 15 is 0 Å². The molecule has 8 heteroatoms. The molecular weight excluding hydrogens is 440 g/mol. The zero-order chi connectivity index (χ0) is 24.2. The van der Waals surface area contributed by atoms with E-state index < -0.39 is 5.91 Å². The van der Waals surface area contributed by atoms with E-state index in [0.717, 1.165) is 37.4 Å². The Balaban J connectivity index is 1.33. The summed E-state index contributed by atoms with van der Waals surface area (Å²) < 4.78 is 1.95. The number of allylic oxidation sites excluding steroid dienone is 1. The molecule has 8 nitrogen and oxygen atoms in total. The van der Waals surface area contributed by atoms with Crippen LogP contribution in [-0.4, -0.2) is 59.5 Å². The third-order valence-corrected chi connectivity index (χ3v) is 6.35. The van der Waals surface area contributed by atoms with Gasteiger partial charge >= 0.3 is 0 Å². The third kappa shape index (κ3) is 5.17. The SMILES string of the molecule is CN1CCN(c2ccc(NC=C3C(=O)NC(=O)c4ccc(C=CCn5ccnc5)cc43)cc2)CC1. The molecule has 1 saturated heterocycles. The molecule has 0 bridgehead atoms. The van der Waals surface area contributed by atoms with Gasteiger partial charge in [-0.1, -0.05) is 18.2 Å². The van der Waals surface area contributed by atoms with Crippen LogP contribution in [0.2, 0.25) is 0 Å². The van der Waals surface area contributed by atoms with Gasteiger partial charge in [0.15, 0.2) is 0 Å². The van der Waals surface area contributed by atoms with Crippen LogP contribution in [0.4, 0.5) is 11.4 Å². The summed E-state index contributed by atoms with van der Waals surface area (Å²) in [5.41, 5.74) is 4.49. The highest BCUT2D eigenvalue weighted by molar-refractivity contribution is 6.31. The monoisotopic (exact) mass is 468 g/mol. The number of amides is 2. The molecule has 2 aromatic carbocycles. The van der Waals surface area contributed by atoms with Gasteiger partial charge < -0.3 is 19.7 Å². The van der Waals surface area contributed by atoms with Crippen LogP contribution in [0.1, 0.15) is 21.5 Å². The molecule has 3 heterocycles. The average Bonchev–Trinajstić information content (AvgIpc) is 3.38.